The van der Waals surface area contributed by atoms with Crippen molar-refractivity contribution < 1.29 is 9.21 Å². The smallest absolute Gasteiger partial charge is 0.322 e. The average Bonchev–Trinajstić information content (AvgIpc) is 2.78. The van der Waals surface area contributed by atoms with Crippen LogP contribution >= 0.6 is 0 Å². The molecule has 0 aliphatic heterocycles. The first-order valence-corrected chi connectivity index (χ1v) is 4.98. The second-order valence-corrected chi connectivity index (χ2v) is 3.18. The molecule has 1 aromatic heterocycles. The van der Waals surface area contributed by atoms with Crippen LogP contribution in [-0.2, 0) is 4.79 Å². The minimum atomic E-state index is -0.150. The molecule has 0 fully saturated rings. The maximum atomic E-state index is 11.1. The van der Waals surface area contributed by atoms with E-state index in [0.717, 1.165) is 5.56 Å². The van der Waals surface area contributed by atoms with Crippen LogP contribution < -0.4 is 5.32 Å². The Morgan fingerprint density at radius 2 is 2.06 bits per heavy atom. The van der Waals surface area contributed by atoms with Crippen LogP contribution in [0.15, 0.2) is 34.7 Å². The minimum absolute atomic E-state index is 0.130. The van der Waals surface area contributed by atoms with E-state index in [2.05, 4.69) is 15.5 Å². The van der Waals surface area contributed by atoms with Gasteiger partial charge in [0.05, 0.1) is 0 Å². The third-order valence-electron chi connectivity index (χ3n) is 2.01. The van der Waals surface area contributed by atoms with Crippen molar-refractivity contribution >= 4 is 11.9 Å². The summed E-state index contributed by atoms with van der Waals surface area (Å²) >= 11 is 0. The summed E-state index contributed by atoms with van der Waals surface area (Å²) in [6.07, 6.45) is 0.378. The number of amides is 1. The summed E-state index contributed by atoms with van der Waals surface area (Å²) in [5.74, 6) is 0.246. The molecule has 0 aliphatic carbocycles. The van der Waals surface area contributed by atoms with E-state index < -0.39 is 0 Å². The summed E-state index contributed by atoms with van der Waals surface area (Å²) in [7, 11) is 0. The lowest BCUT2D eigenvalue weighted by Crippen LogP contribution is -2.09. The molecule has 1 aromatic carbocycles. The van der Waals surface area contributed by atoms with Gasteiger partial charge in [0.25, 0.3) is 0 Å². The molecule has 0 radical (unpaired) electrons. The van der Waals surface area contributed by atoms with Gasteiger partial charge in [-0.25, -0.2) is 0 Å². The molecule has 2 aromatic rings. The van der Waals surface area contributed by atoms with Gasteiger partial charge in [-0.15, -0.1) is 5.10 Å². The number of anilines is 1. The fraction of sp³-hybridized carbons (Fsp3) is 0.182. The lowest BCUT2D eigenvalue weighted by Gasteiger charge is -1.95. The summed E-state index contributed by atoms with van der Waals surface area (Å²) in [6, 6.07) is 9.51. The van der Waals surface area contributed by atoms with Gasteiger partial charge in [-0.3, -0.25) is 10.1 Å². The summed E-state index contributed by atoms with van der Waals surface area (Å²) in [5.41, 5.74) is 0.826. The predicted molar refractivity (Wildman–Crippen MR) is 58.7 cm³/mol. The van der Waals surface area contributed by atoms with Crippen molar-refractivity contribution in [3.63, 3.8) is 0 Å². The van der Waals surface area contributed by atoms with Crippen molar-refractivity contribution in [1.29, 1.82) is 0 Å². The zero-order chi connectivity index (χ0) is 11.4. The standard InChI is InChI=1S/C11H11N3O2/c1-2-9(15)12-11-14-13-10(16-11)8-6-4-3-5-7-8/h3-7H,2H2,1H3,(H,12,14,15). The van der Waals surface area contributed by atoms with Crippen LogP contribution in [-0.4, -0.2) is 16.1 Å². The van der Waals surface area contributed by atoms with Gasteiger partial charge in [0.1, 0.15) is 0 Å². The first-order chi connectivity index (χ1) is 7.79. The van der Waals surface area contributed by atoms with Crippen LogP contribution in [0.3, 0.4) is 0 Å². The second-order valence-electron chi connectivity index (χ2n) is 3.18. The number of nitrogens with one attached hydrogen (secondary N) is 1. The number of nitrogens with zero attached hydrogens (tertiary/aromatic N) is 2. The summed E-state index contributed by atoms with van der Waals surface area (Å²) in [4.78, 5) is 11.1. The highest BCUT2D eigenvalue weighted by atomic mass is 16.4. The zero-order valence-corrected chi connectivity index (χ0v) is 8.80. The van der Waals surface area contributed by atoms with Gasteiger partial charge in [0.2, 0.25) is 11.8 Å². The summed E-state index contributed by atoms with van der Waals surface area (Å²) < 4.78 is 5.29. The number of benzene rings is 1. The van der Waals surface area contributed by atoms with E-state index in [4.69, 9.17) is 4.42 Å². The number of hydrogen-bond donors (Lipinski definition) is 1. The van der Waals surface area contributed by atoms with Crippen molar-refractivity contribution in [3.8, 4) is 11.5 Å². The van der Waals surface area contributed by atoms with Crippen molar-refractivity contribution in [2.24, 2.45) is 0 Å². The fourth-order valence-electron chi connectivity index (χ4n) is 1.18. The van der Waals surface area contributed by atoms with E-state index in [0.29, 0.717) is 12.3 Å². The fourth-order valence-corrected chi connectivity index (χ4v) is 1.18. The molecule has 1 heterocycles. The van der Waals surface area contributed by atoms with Crippen LogP contribution in [0, 0.1) is 0 Å². The molecule has 0 spiro atoms. The van der Waals surface area contributed by atoms with E-state index >= 15 is 0 Å². The molecule has 0 saturated heterocycles. The largest absolute Gasteiger partial charge is 0.403 e. The van der Waals surface area contributed by atoms with Gasteiger partial charge in [0, 0.05) is 12.0 Å². The Morgan fingerprint density at radius 1 is 1.31 bits per heavy atom. The number of carbonyl (C=O) groups is 1. The Morgan fingerprint density at radius 3 is 2.75 bits per heavy atom. The topological polar surface area (TPSA) is 68.0 Å². The maximum Gasteiger partial charge on any atom is 0.322 e. The third-order valence-corrected chi connectivity index (χ3v) is 2.01. The van der Waals surface area contributed by atoms with Gasteiger partial charge in [-0.1, -0.05) is 30.2 Å². The molecule has 0 saturated carbocycles. The van der Waals surface area contributed by atoms with Crippen LogP contribution in [0.5, 0.6) is 0 Å². The van der Waals surface area contributed by atoms with Gasteiger partial charge in [0.15, 0.2) is 0 Å². The number of rotatable bonds is 3. The molecule has 0 aliphatic rings. The minimum Gasteiger partial charge on any atom is -0.403 e. The van der Waals surface area contributed by atoms with Crippen LogP contribution in [0.1, 0.15) is 13.3 Å². The average molecular weight is 217 g/mol. The molecule has 1 N–H and O–H groups in total. The van der Waals surface area contributed by atoms with Crippen LogP contribution in [0.2, 0.25) is 0 Å². The highest BCUT2D eigenvalue weighted by Gasteiger charge is 2.09. The number of aromatic nitrogens is 2. The Labute approximate surface area is 92.5 Å². The Bertz CT molecular complexity index is 479. The molecule has 5 heteroatoms. The lowest BCUT2D eigenvalue weighted by molar-refractivity contribution is -0.116. The highest BCUT2D eigenvalue weighted by molar-refractivity contribution is 5.88. The lowest BCUT2D eigenvalue weighted by atomic mass is 10.2. The van der Waals surface area contributed by atoms with Crippen molar-refractivity contribution in [1.82, 2.24) is 10.2 Å². The molecule has 5 nitrogen and oxygen atoms in total. The van der Waals surface area contributed by atoms with Crippen molar-refractivity contribution in [2.75, 3.05) is 5.32 Å². The first-order valence-electron chi connectivity index (χ1n) is 4.98. The van der Waals surface area contributed by atoms with Crippen molar-refractivity contribution in [2.45, 2.75) is 13.3 Å². The Balaban J connectivity index is 2.17. The highest BCUT2D eigenvalue weighted by Crippen LogP contribution is 2.18. The van der Waals surface area contributed by atoms with Crippen molar-refractivity contribution in [3.05, 3.63) is 30.3 Å². The number of hydrogen-bond acceptors (Lipinski definition) is 4. The van der Waals surface area contributed by atoms with Gasteiger partial charge in [-0.2, -0.15) is 0 Å². The second kappa shape index (κ2) is 4.57. The molecule has 82 valence electrons. The molecule has 0 atom stereocenters. The van der Waals surface area contributed by atoms with Gasteiger partial charge < -0.3 is 4.42 Å². The molecule has 2 rings (SSSR count). The Kier molecular flexibility index (Phi) is 2.95. The summed E-state index contributed by atoms with van der Waals surface area (Å²) in [6.45, 7) is 1.75. The quantitative estimate of drug-likeness (QED) is 0.854. The van der Waals surface area contributed by atoms with E-state index in [1.165, 1.54) is 0 Å². The molecule has 16 heavy (non-hydrogen) atoms. The third kappa shape index (κ3) is 2.25. The maximum absolute atomic E-state index is 11.1. The monoisotopic (exact) mass is 217 g/mol. The zero-order valence-electron chi connectivity index (χ0n) is 8.80. The van der Waals surface area contributed by atoms with Gasteiger partial charge >= 0.3 is 6.01 Å². The van der Waals surface area contributed by atoms with E-state index in [1.807, 2.05) is 30.3 Å². The van der Waals surface area contributed by atoms with Gasteiger partial charge in [-0.05, 0) is 12.1 Å². The Hall–Kier alpha value is -2.17. The van der Waals surface area contributed by atoms with E-state index in [9.17, 15) is 4.79 Å². The van der Waals surface area contributed by atoms with E-state index in [1.54, 1.807) is 6.92 Å². The molecule has 0 bridgehead atoms. The SMILES string of the molecule is CCC(=O)Nc1nnc(-c2ccccc2)o1. The number of carbonyl (C=O) groups excluding carboxylic acids is 1. The normalized spacial score (nSPS) is 10.1. The predicted octanol–water partition coefficient (Wildman–Crippen LogP) is 2.09. The van der Waals surface area contributed by atoms with Crippen LogP contribution in [0.25, 0.3) is 11.5 Å². The van der Waals surface area contributed by atoms with E-state index in [-0.39, 0.29) is 11.9 Å². The molecular formula is C11H11N3O2. The summed E-state index contributed by atoms with van der Waals surface area (Å²) in [5, 5.41) is 10.1. The molecule has 1 amide bonds. The van der Waals surface area contributed by atoms with Crippen LogP contribution in [0.4, 0.5) is 6.01 Å². The molecule has 0 unspecified atom stereocenters. The first kappa shape index (κ1) is 10.4. The molecular weight excluding hydrogens is 206 g/mol.